The van der Waals surface area contributed by atoms with Gasteiger partial charge in [-0.15, -0.1) is 0 Å². The number of aryl methyl sites for hydroxylation is 2. The summed E-state index contributed by atoms with van der Waals surface area (Å²) in [5, 5.41) is 5.10. The van der Waals surface area contributed by atoms with Crippen LogP contribution in [0.15, 0.2) is 22.7 Å². The number of halogens is 3. The largest absolute Gasteiger partial charge is 0.324 e. The molecule has 1 unspecified atom stereocenters. The van der Waals surface area contributed by atoms with Gasteiger partial charge in [-0.05, 0) is 69.2 Å². The van der Waals surface area contributed by atoms with Crippen LogP contribution in [0.25, 0.3) is 0 Å². The Kier molecular flexibility index (Phi) is 4.92. The van der Waals surface area contributed by atoms with Crippen LogP contribution in [0, 0.1) is 10.5 Å². The molecule has 102 valence electrons. The fourth-order valence-electron chi connectivity index (χ4n) is 2.02. The molecule has 1 aromatic heterocycles. The average molecular weight is 455 g/mol. The summed E-state index contributed by atoms with van der Waals surface area (Å²) in [7, 11) is 1.93. The quantitative estimate of drug-likeness (QED) is 0.713. The molecule has 3 nitrogen and oxygen atoms in total. The highest BCUT2D eigenvalue weighted by Crippen LogP contribution is 2.28. The predicted octanol–water partition coefficient (Wildman–Crippen LogP) is 3.99. The molecular formula is C13H14BrClIN3. The van der Waals surface area contributed by atoms with E-state index in [1.54, 1.807) is 0 Å². The molecule has 0 bridgehead atoms. The molecule has 0 amide bonds. The third kappa shape index (κ3) is 3.32. The van der Waals surface area contributed by atoms with Crippen LogP contribution >= 0.6 is 50.1 Å². The number of nitrogens with two attached hydrogens (primary N) is 1. The zero-order valence-corrected chi connectivity index (χ0v) is 15.1. The molecule has 1 heterocycles. The van der Waals surface area contributed by atoms with Gasteiger partial charge in [-0.3, -0.25) is 4.68 Å². The topological polar surface area (TPSA) is 43.8 Å². The standard InChI is InChI=1S/C13H14BrClIN3/c1-7-13(14)12(19(2)18-7)6-11(17)9-5-8(15)3-4-10(9)16/h3-5,11H,6,17H2,1-2H3. The Morgan fingerprint density at radius 2 is 2.21 bits per heavy atom. The van der Waals surface area contributed by atoms with Gasteiger partial charge in [-0.25, -0.2) is 0 Å². The first-order valence-electron chi connectivity index (χ1n) is 5.78. The summed E-state index contributed by atoms with van der Waals surface area (Å²) in [5.41, 5.74) is 9.46. The van der Waals surface area contributed by atoms with Crippen molar-refractivity contribution in [3.05, 3.63) is 48.2 Å². The molecule has 2 aromatic rings. The monoisotopic (exact) mass is 453 g/mol. The summed E-state index contributed by atoms with van der Waals surface area (Å²) in [4.78, 5) is 0. The van der Waals surface area contributed by atoms with Crippen LogP contribution in [0.1, 0.15) is 23.0 Å². The van der Waals surface area contributed by atoms with E-state index < -0.39 is 0 Å². The molecule has 2 rings (SSSR count). The Morgan fingerprint density at radius 1 is 1.53 bits per heavy atom. The molecule has 0 aliphatic carbocycles. The highest BCUT2D eigenvalue weighted by molar-refractivity contribution is 14.1. The molecule has 19 heavy (non-hydrogen) atoms. The molecular weight excluding hydrogens is 440 g/mol. The fourth-order valence-corrected chi connectivity index (χ4v) is 3.43. The zero-order chi connectivity index (χ0) is 14.2. The van der Waals surface area contributed by atoms with Gasteiger partial charge in [0.05, 0.1) is 15.9 Å². The molecule has 0 aliphatic rings. The number of nitrogens with zero attached hydrogens (tertiary/aromatic N) is 2. The van der Waals surface area contributed by atoms with E-state index in [-0.39, 0.29) is 6.04 Å². The summed E-state index contributed by atoms with van der Waals surface area (Å²) in [5.74, 6) is 0. The van der Waals surface area contributed by atoms with E-state index in [0.717, 1.165) is 25.0 Å². The fraction of sp³-hybridized carbons (Fsp3) is 0.308. The highest BCUT2D eigenvalue weighted by Gasteiger charge is 2.17. The van der Waals surface area contributed by atoms with Crippen LogP contribution in [-0.2, 0) is 13.5 Å². The minimum Gasteiger partial charge on any atom is -0.324 e. The van der Waals surface area contributed by atoms with Crippen molar-refractivity contribution in [2.24, 2.45) is 12.8 Å². The van der Waals surface area contributed by atoms with Crippen molar-refractivity contribution >= 4 is 50.1 Å². The molecule has 1 aromatic carbocycles. The maximum atomic E-state index is 6.32. The molecule has 1 atom stereocenters. The van der Waals surface area contributed by atoms with Crippen molar-refractivity contribution in [2.45, 2.75) is 19.4 Å². The Balaban J connectivity index is 2.30. The maximum Gasteiger partial charge on any atom is 0.0738 e. The summed E-state index contributed by atoms with van der Waals surface area (Å²) >= 11 is 11.9. The van der Waals surface area contributed by atoms with Gasteiger partial charge < -0.3 is 5.73 Å². The lowest BCUT2D eigenvalue weighted by molar-refractivity contribution is 0.636. The van der Waals surface area contributed by atoms with Crippen molar-refractivity contribution in [3.63, 3.8) is 0 Å². The van der Waals surface area contributed by atoms with E-state index in [4.69, 9.17) is 17.3 Å². The maximum absolute atomic E-state index is 6.32. The van der Waals surface area contributed by atoms with Crippen molar-refractivity contribution < 1.29 is 0 Å². The normalized spacial score (nSPS) is 12.7. The zero-order valence-electron chi connectivity index (χ0n) is 10.6. The van der Waals surface area contributed by atoms with E-state index in [9.17, 15) is 0 Å². The SMILES string of the molecule is Cc1nn(C)c(CC(N)c2cc(Cl)ccc2I)c1Br. The van der Waals surface area contributed by atoms with Gasteiger partial charge in [0.2, 0.25) is 0 Å². The van der Waals surface area contributed by atoms with Crippen molar-refractivity contribution in [1.82, 2.24) is 9.78 Å². The third-order valence-electron chi connectivity index (χ3n) is 3.03. The van der Waals surface area contributed by atoms with Crippen molar-refractivity contribution in [2.75, 3.05) is 0 Å². The van der Waals surface area contributed by atoms with Gasteiger partial charge in [-0.2, -0.15) is 5.10 Å². The average Bonchev–Trinajstić information content (AvgIpc) is 2.59. The van der Waals surface area contributed by atoms with Gasteiger partial charge in [0.25, 0.3) is 0 Å². The van der Waals surface area contributed by atoms with Crippen LogP contribution in [0.3, 0.4) is 0 Å². The van der Waals surface area contributed by atoms with Gasteiger partial charge in [0, 0.05) is 28.1 Å². The molecule has 6 heteroatoms. The van der Waals surface area contributed by atoms with Gasteiger partial charge in [0.15, 0.2) is 0 Å². The van der Waals surface area contributed by atoms with Gasteiger partial charge in [0.1, 0.15) is 0 Å². The van der Waals surface area contributed by atoms with E-state index in [1.165, 1.54) is 0 Å². The minimum absolute atomic E-state index is 0.100. The number of hydrogen-bond donors (Lipinski definition) is 1. The lowest BCUT2D eigenvalue weighted by Crippen LogP contribution is -2.17. The van der Waals surface area contributed by atoms with Crippen LogP contribution in [0.2, 0.25) is 5.02 Å². The first-order valence-corrected chi connectivity index (χ1v) is 8.03. The smallest absolute Gasteiger partial charge is 0.0738 e. The lowest BCUT2D eigenvalue weighted by Gasteiger charge is -2.15. The summed E-state index contributed by atoms with van der Waals surface area (Å²) < 4.78 is 4.03. The minimum atomic E-state index is -0.100. The number of benzene rings is 1. The third-order valence-corrected chi connectivity index (χ3v) is 5.28. The molecule has 0 saturated heterocycles. The van der Waals surface area contributed by atoms with Crippen LogP contribution in [-0.4, -0.2) is 9.78 Å². The Labute approximate surface area is 139 Å². The van der Waals surface area contributed by atoms with Crippen LogP contribution < -0.4 is 5.73 Å². The molecule has 0 aliphatic heterocycles. The Morgan fingerprint density at radius 3 is 2.79 bits per heavy atom. The van der Waals surface area contributed by atoms with Crippen molar-refractivity contribution in [1.29, 1.82) is 0 Å². The highest BCUT2D eigenvalue weighted by atomic mass is 127. The Bertz CT molecular complexity index is 612. The first-order chi connectivity index (χ1) is 8.90. The Hall–Kier alpha value is -0.110. The summed E-state index contributed by atoms with van der Waals surface area (Å²) in [6.45, 7) is 1.97. The van der Waals surface area contributed by atoms with Crippen molar-refractivity contribution in [3.8, 4) is 0 Å². The number of rotatable bonds is 3. The first kappa shape index (κ1) is 15.3. The second-order valence-corrected chi connectivity index (χ2v) is 6.84. The second-order valence-electron chi connectivity index (χ2n) is 4.45. The number of aromatic nitrogens is 2. The molecule has 0 spiro atoms. The van der Waals surface area contributed by atoms with E-state index in [2.05, 4.69) is 43.6 Å². The van der Waals surface area contributed by atoms with Gasteiger partial charge >= 0.3 is 0 Å². The van der Waals surface area contributed by atoms with Crippen LogP contribution in [0.5, 0.6) is 0 Å². The van der Waals surface area contributed by atoms with Crippen LogP contribution in [0.4, 0.5) is 0 Å². The van der Waals surface area contributed by atoms with E-state index in [0.29, 0.717) is 11.4 Å². The number of hydrogen-bond acceptors (Lipinski definition) is 2. The molecule has 0 fully saturated rings. The summed E-state index contributed by atoms with van der Waals surface area (Å²) in [6.07, 6.45) is 0.717. The summed E-state index contributed by atoms with van der Waals surface area (Å²) in [6, 6.07) is 5.70. The van der Waals surface area contributed by atoms with E-state index in [1.807, 2.05) is 36.9 Å². The van der Waals surface area contributed by atoms with E-state index >= 15 is 0 Å². The molecule has 0 saturated carbocycles. The lowest BCUT2D eigenvalue weighted by atomic mass is 10.0. The second kappa shape index (κ2) is 6.11. The molecule has 2 N–H and O–H groups in total. The van der Waals surface area contributed by atoms with Gasteiger partial charge in [-0.1, -0.05) is 11.6 Å². The molecule has 0 radical (unpaired) electrons. The predicted molar refractivity (Wildman–Crippen MR) is 90.4 cm³/mol.